The van der Waals surface area contributed by atoms with Crippen LogP contribution in [0.4, 0.5) is 0 Å². The maximum absolute atomic E-state index is 1.87. The van der Waals surface area contributed by atoms with E-state index < -0.39 is 0 Å². The average molecular weight is 116 g/mol. The highest BCUT2D eigenvalue weighted by Crippen LogP contribution is 2.70. The minimum absolute atomic E-state index is 1.01. The summed E-state index contributed by atoms with van der Waals surface area (Å²) in [4.78, 5) is 0. The Hall–Kier alpha value is -0.520. The van der Waals surface area contributed by atoms with E-state index in [0.717, 1.165) is 11.8 Å². The van der Waals surface area contributed by atoms with Crippen molar-refractivity contribution in [3.8, 4) is 0 Å². The Morgan fingerprint density at radius 3 is 2.67 bits per heavy atom. The van der Waals surface area contributed by atoms with Crippen molar-refractivity contribution < 1.29 is 0 Å². The summed E-state index contributed by atoms with van der Waals surface area (Å²) in [6, 6.07) is 0. The Morgan fingerprint density at radius 2 is 2.22 bits per heavy atom. The van der Waals surface area contributed by atoms with Gasteiger partial charge in [0.1, 0.15) is 0 Å². The van der Waals surface area contributed by atoms with Crippen LogP contribution in [0.15, 0.2) is 22.3 Å². The molecule has 0 saturated heterocycles. The van der Waals surface area contributed by atoms with Crippen LogP contribution in [0.25, 0.3) is 0 Å². The Bertz CT molecular complexity index is 291. The zero-order valence-electron chi connectivity index (χ0n) is 5.28. The van der Waals surface area contributed by atoms with Crippen molar-refractivity contribution in [1.82, 2.24) is 0 Å². The lowest BCUT2D eigenvalue weighted by molar-refractivity contribution is 0.673. The van der Waals surface area contributed by atoms with Gasteiger partial charge in [-0.05, 0) is 36.3 Å². The fraction of sp³-hybridized carbons (Fsp3) is 0.556. The van der Waals surface area contributed by atoms with E-state index in [4.69, 9.17) is 0 Å². The Balaban J connectivity index is 2.30. The van der Waals surface area contributed by atoms with Gasteiger partial charge in [-0.1, -0.05) is 11.1 Å². The highest BCUT2D eigenvalue weighted by Gasteiger charge is 2.56. The lowest BCUT2D eigenvalue weighted by atomic mass is 9.87. The molecule has 5 rings (SSSR count). The second-order valence-corrected chi connectivity index (χ2v) is 3.81. The minimum Gasteiger partial charge on any atom is -0.0586 e. The Kier molecular flexibility index (Phi) is 0.300. The van der Waals surface area contributed by atoms with Gasteiger partial charge in [-0.25, -0.2) is 0 Å². The average Bonchev–Trinajstić information content (AvgIpc) is 2.24. The summed E-state index contributed by atoms with van der Waals surface area (Å²) in [5.74, 6) is 2.06. The lowest BCUT2D eigenvalue weighted by Gasteiger charge is -2.17. The minimum atomic E-state index is 1.01. The summed E-state index contributed by atoms with van der Waals surface area (Å²) in [5.41, 5.74) is 7.38. The first kappa shape index (κ1) is 3.60. The maximum Gasteiger partial charge on any atom is 0.00285 e. The molecule has 0 aromatic rings. The molecule has 2 atom stereocenters. The molecule has 5 aliphatic rings. The molecule has 0 spiro atoms. The summed E-state index contributed by atoms with van der Waals surface area (Å²) in [7, 11) is 0. The van der Waals surface area contributed by atoms with E-state index >= 15 is 0 Å². The second kappa shape index (κ2) is 0.749. The second-order valence-electron chi connectivity index (χ2n) is 3.81. The normalized spacial score (nSPS) is 48.0. The zero-order valence-corrected chi connectivity index (χ0v) is 5.28. The van der Waals surface area contributed by atoms with Gasteiger partial charge in [-0.15, -0.1) is 0 Å². The van der Waals surface area contributed by atoms with Gasteiger partial charge in [-0.3, -0.25) is 0 Å². The van der Waals surface area contributed by atoms with Crippen molar-refractivity contribution in [2.75, 3.05) is 0 Å². The van der Waals surface area contributed by atoms with Crippen molar-refractivity contribution in [3.63, 3.8) is 0 Å². The molecule has 0 heterocycles. The van der Waals surface area contributed by atoms with Gasteiger partial charge < -0.3 is 0 Å². The van der Waals surface area contributed by atoms with Gasteiger partial charge >= 0.3 is 0 Å². The number of allylic oxidation sites excluding steroid dienone is 4. The monoisotopic (exact) mass is 116 g/mol. The molecule has 0 aromatic heterocycles. The molecule has 0 aromatic carbocycles. The van der Waals surface area contributed by atoms with E-state index in [1.165, 1.54) is 19.3 Å². The molecular formula is C9H8. The van der Waals surface area contributed by atoms with E-state index in [1.807, 2.05) is 22.3 Å². The molecule has 0 heteroatoms. The molecule has 2 unspecified atom stereocenters. The highest BCUT2D eigenvalue weighted by molar-refractivity contribution is 5.69. The molecule has 9 heavy (non-hydrogen) atoms. The molecule has 44 valence electrons. The van der Waals surface area contributed by atoms with Crippen molar-refractivity contribution in [2.45, 2.75) is 19.3 Å². The first-order valence-corrected chi connectivity index (χ1v) is 3.90. The molecular weight excluding hydrogens is 108 g/mol. The van der Waals surface area contributed by atoms with Gasteiger partial charge in [0.15, 0.2) is 0 Å². The fourth-order valence-electron chi connectivity index (χ4n) is 3.40. The van der Waals surface area contributed by atoms with Crippen LogP contribution in [-0.4, -0.2) is 0 Å². The fourth-order valence-corrected chi connectivity index (χ4v) is 3.40. The SMILES string of the molecule is C1C2=C3CC4CC3C1=C24. The summed E-state index contributed by atoms with van der Waals surface area (Å²) in [6.45, 7) is 0. The molecule has 0 aliphatic heterocycles. The lowest BCUT2D eigenvalue weighted by Crippen LogP contribution is -2.01. The predicted octanol–water partition coefficient (Wildman–Crippen LogP) is 2.04. The molecule has 1 saturated carbocycles. The first-order valence-electron chi connectivity index (χ1n) is 3.90. The van der Waals surface area contributed by atoms with Crippen molar-refractivity contribution in [1.29, 1.82) is 0 Å². The number of hydrogen-bond acceptors (Lipinski definition) is 0. The maximum atomic E-state index is 1.87. The number of rotatable bonds is 0. The van der Waals surface area contributed by atoms with Crippen molar-refractivity contribution >= 4 is 0 Å². The van der Waals surface area contributed by atoms with Gasteiger partial charge in [0.25, 0.3) is 0 Å². The molecule has 0 nitrogen and oxygen atoms in total. The zero-order chi connectivity index (χ0) is 5.59. The Morgan fingerprint density at radius 1 is 1.22 bits per heavy atom. The van der Waals surface area contributed by atoms with Crippen LogP contribution in [0, 0.1) is 11.8 Å². The molecule has 0 radical (unpaired) electrons. The smallest absolute Gasteiger partial charge is 0.00285 e. The largest absolute Gasteiger partial charge is 0.0586 e. The number of hydrogen-bond donors (Lipinski definition) is 0. The topological polar surface area (TPSA) is 0 Å². The molecule has 1 fully saturated rings. The summed E-state index contributed by atoms with van der Waals surface area (Å²) in [6.07, 6.45) is 4.40. The first-order chi connectivity index (χ1) is 4.45. The van der Waals surface area contributed by atoms with Crippen molar-refractivity contribution in [2.24, 2.45) is 11.8 Å². The van der Waals surface area contributed by atoms with E-state index in [2.05, 4.69) is 0 Å². The quantitative estimate of drug-likeness (QED) is 0.454. The van der Waals surface area contributed by atoms with E-state index in [-0.39, 0.29) is 0 Å². The van der Waals surface area contributed by atoms with Crippen LogP contribution in [0.3, 0.4) is 0 Å². The third kappa shape index (κ3) is 0.178. The molecule has 0 N–H and O–H groups in total. The third-order valence-corrected chi connectivity index (χ3v) is 3.66. The molecule has 0 amide bonds. The van der Waals surface area contributed by atoms with E-state index in [1.54, 1.807) is 0 Å². The summed E-state index contributed by atoms with van der Waals surface area (Å²) >= 11 is 0. The molecule has 5 aliphatic carbocycles. The summed E-state index contributed by atoms with van der Waals surface area (Å²) in [5, 5.41) is 0. The predicted molar refractivity (Wildman–Crippen MR) is 34.9 cm³/mol. The van der Waals surface area contributed by atoms with Gasteiger partial charge in [0.05, 0.1) is 0 Å². The molecule has 6 bridgehead atoms. The van der Waals surface area contributed by atoms with E-state index in [9.17, 15) is 0 Å². The van der Waals surface area contributed by atoms with Crippen LogP contribution < -0.4 is 0 Å². The van der Waals surface area contributed by atoms with Crippen LogP contribution >= 0.6 is 0 Å². The van der Waals surface area contributed by atoms with Crippen LogP contribution in [0.5, 0.6) is 0 Å². The van der Waals surface area contributed by atoms with E-state index in [0.29, 0.717) is 0 Å². The van der Waals surface area contributed by atoms with Gasteiger partial charge in [0, 0.05) is 5.92 Å². The van der Waals surface area contributed by atoms with Crippen LogP contribution in [-0.2, 0) is 0 Å². The van der Waals surface area contributed by atoms with Crippen molar-refractivity contribution in [3.05, 3.63) is 22.3 Å². The standard InChI is InChI=1S/C9H8/c1-4-2-6-5(1)7-3-8(6)9(4)7/h4-5H,1-3H2. The third-order valence-electron chi connectivity index (χ3n) is 3.66. The van der Waals surface area contributed by atoms with Crippen LogP contribution in [0.1, 0.15) is 19.3 Å². The van der Waals surface area contributed by atoms with Crippen LogP contribution in [0.2, 0.25) is 0 Å². The van der Waals surface area contributed by atoms with Gasteiger partial charge in [-0.2, -0.15) is 0 Å². The highest BCUT2D eigenvalue weighted by atomic mass is 14.6. The summed E-state index contributed by atoms with van der Waals surface area (Å²) < 4.78 is 0. The van der Waals surface area contributed by atoms with Gasteiger partial charge in [0.2, 0.25) is 0 Å². The Labute approximate surface area is 54.3 Å².